The number of carbonyl (C=O) groups excluding carboxylic acids is 1. The van der Waals surface area contributed by atoms with Crippen molar-refractivity contribution in [3.05, 3.63) is 0 Å². The van der Waals surface area contributed by atoms with E-state index < -0.39 is 0 Å². The molecule has 0 aliphatic heterocycles. The van der Waals surface area contributed by atoms with Crippen LogP contribution in [0.5, 0.6) is 0 Å². The molecule has 1 aliphatic rings. The summed E-state index contributed by atoms with van der Waals surface area (Å²) in [5, 5.41) is 3.10. The van der Waals surface area contributed by atoms with Crippen molar-refractivity contribution in [1.29, 1.82) is 0 Å². The summed E-state index contributed by atoms with van der Waals surface area (Å²) in [7, 11) is 0. The molecule has 17 heavy (non-hydrogen) atoms. The van der Waals surface area contributed by atoms with Crippen LogP contribution in [-0.2, 0) is 4.79 Å². The highest BCUT2D eigenvalue weighted by atomic mass is 16.1. The minimum absolute atomic E-state index is 0.223. The minimum Gasteiger partial charge on any atom is -0.353 e. The van der Waals surface area contributed by atoms with Crippen LogP contribution in [0, 0.1) is 11.3 Å². The van der Waals surface area contributed by atoms with Gasteiger partial charge >= 0.3 is 0 Å². The number of amides is 1. The Hall–Kier alpha value is -0.570. The summed E-state index contributed by atoms with van der Waals surface area (Å²) in [6.07, 6.45) is 6.22. The number of carbonyl (C=O) groups is 1. The number of hydrogen-bond donors (Lipinski definition) is 2. The van der Waals surface area contributed by atoms with Crippen molar-refractivity contribution in [1.82, 2.24) is 5.32 Å². The Balaban J connectivity index is 2.27. The van der Waals surface area contributed by atoms with Crippen LogP contribution in [0.1, 0.15) is 59.3 Å². The highest BCUT2D eigenvalue weighted by molar-refractivity contribution is 5.76. The van der Waals surface area contributed by atoms with Crippen molar-refractivity contribution < 1.29 is 4.79 Å². The summed E-state index contributed by atoms with van der Waals surface area (Å²) in [5.41, 5.74) is 5.89. The molecule has 1 aliphatic carbocycles. The van der Waals surface area contributed by atoms with Crippen LogP contribution < -0.4 is 11.1 Å². The van der Waals surface area contributed by atoms with Gasteiger partial charge in [0.1, 0.15) is 0 Å². The Morgan fingerprint density at radius 1 is 1.35 bits per heavy atom. The zero-order valence-electron chi connectivity index (χ0n) is 11.6. The largest absolute Gasteiger partial charge is 0.353 e. The number of nitrogens with one attached hydrogen (secondary N) is 1. The molecule has 3 nitrogen and oxygen atoms in total. The average molecular weight is 240 g/mol. The van der Waals surface area contributed by atoms with E-state index in [9.17, 15) is 4.79 Å². The van der Waals surface area contributed by atoms with Crippen molar-refractivity contribution in [3.8, 4) is 0 Å². The summed E-state index contributed by atoms with van der Waals surface area (Å²) < 4.78 is 0. The molecule has 0 bridgehead atoms. The maximum Gasteiger partial charge on any atom is 0.220 e. The van der Waals surface area contributed by atoms with Gasteiger partial charge in [-0.15, -0.1) is 0 Å². The summed E-state index contributed by atoms with van der Waals surface area (Å²) >= 11 is 0. The van der Waals surface area contributed by atoms with Gasteiger partial charge in [0.05, 0.1) is 0 Å². The third-order valence-electron chi connectivity index (χ3n) is 3.93. The Morgan fingerprint density at radius 3 is 2.41 bits per heavy atom. The van der Waals surface area contributed by atoms with Crippen LogP contribution in [0.2, 0.25) is 0 Å². The van der Waals surface area contributed by atoms with Gasteiger partial charge in [0, 0.05) is 12.5 Å². The molecule has 0 saturated heterocycles. The fraction of sp³-hybridized carbons (Fsp3) is 0.929. The average Bonchev–Trinajstić information content (AvgIpc) is 2.16. The number of rotatable bonds is 6. The predicted octanol–water partition coefficient (Wildman–Crippen LogP) is 2.45. The van der Waals surface area contributed by atoms with Gasteiger partial charge < -0.3 is 11.1 Å². The van der Waals surface area contributed by atoms with E-state index >= 15 is 0 Å². The van der Waals surface area contributed by atoms with Crippen LogP contribution in [0.4, 0.5) is 0 Å². The normalized spacial score (nSPS) is 18.6. The third kappa shape index (κ3) is 5.07. The molecule has 3 heteroatoms. The molecule has 0 spiro atoms. The van der Waals surface area contributed by atoms with Crippen molar-refractivity contribution in [2.75, 3.05) is 6.54 Å². The molecule has 0 aromatic heterocycles. The van der Waals surface area contributed by atoms with Gasteiger partial charge in [0.25, 0.3) is 0 Å². The second-order valence-electron chi connectivity index (χ2n) is 6.37. The molecule has 1 unspecified atom stereocenters. The molecule has 1 fully saturated rings. The SMILES string of the molecule is CC(C)(C)C(CCN)CCC(=O)NC1CCC1. The van der Waals surface area contributed by atoms with Gasteiger partial charge in [-0.1, -0.05) is 20.8 Å². The zero-order chi connectivity index (χ0) is 12.9. The van der Waals surface area contributed by atoms with E-state index in [4.69, 9.17) is 5.73 Å². The second-order valence-corrected chi connectivity index (χ2v) is 6.37. The van der Waals surface area contributed by atoms with Crippen LogP contribution in [0.25, 0.3) is 0 Å². The quantitative estimate of drug-likeness (QED) is 0.749. The molecule has 0 aromatic rings. The molecular weight excluding hydrogens is 212 g/mol. The van der Waals surface area contributed by atoms with E-state index in [1.807, 2.05) is 0 Å². The first-order valence-corrected chi connectivity index (χ1v) is 6.93. The zero-order valence-corrected chi connectivity index (χ0v) is 11.6. The number of hydrogen-bond acceptors (Lipinski definition) is 2. The fourth-order valence-corrected chi connectivity index (χ4v) is 2.37. The van der Waals surface area contributed by atoms with Gasteiger partial charge in [-0.2, -0.15) is 0 Å². The fourth-order valence-electron chi connectivity index (χ4n) is 2.37. The van der Waals surface area contributed by atoms with E-state index in [2.05, 4.69) is 26.1 Å². The van der Waals surface area contributed by atoms with Crippen LogP contribution in [-0.4, -0.2) is 18.5 Å². The Morgan fingerprint density at radius 2 is 2.00 bits per heavy atom. The third-order valence-corrected chi connectivity index (χ3v) is 3.93. The summed E-state index contributed by atoms with van der Waals surface area (Å²) in [6, 6.07) is 0.463. The maximum absolute atomic E-state index is 11.7. The Bertz CT molecular complexity index is 241. The monoisotopic (exact) mass is 240 g/mol. The highest BCUT2D eigenvalue weighted by Crippen LogP contribution is 2.32. The molecule has 0 radical (unpaired) electrons. The van der Waals surface area contributed by atoms with Gasteiger partial charge in [-0.25, -0.2) is 0 Å². The molecule has 100 valence electrons. The first-order chi connectivity index (χ1) is 7.93. The summed E-state index contributed by atoms with van der Waals surface area (Å²) in [4.78, 5) is 11.7. The second kappa shape index (κ2) is 6.39. The minimum atomic E-state index is 0.223. The van der Waals surface area contributed by atoms with Gasteiger partial charge in [-0.3, -0.25) is 4.79 Å². The molecule has 1 amide bonds. The van der Waals surface area contributed by atoms with E-state index in [0.29, 0.717) is 24.9 Å². The molecule has 1 saturated carbocycles. The lowest BCUT2D eigenvalue weighted by atomic mass is 9.76. The maximum atomic E-state index is 11.7. The number of nitrogens with two attached hydrogens (primary N) is 1. The first-order valence-electron chi connectivity index (χ1n) is 6.93. The van der Waals surface area contributed by atoms with Gasteiger partial charge in [0.2, 0.25) is 5.91 Å². The van der Waals surface area contributed by atoms with Gasteiger partial charge in [0.15, 0.2) is 0 Å². The predicted molar refractivity (Wildman–Crippen MR) is 71.6 cm³/mol. The van der Waals surface area contributed by atoms with Crippen LogP contribution >= 0.6 is 0 Å². The Kier molecular flexibility index (Phi) is 5.44. The molecular formula is C14H28N2O. The van der Waals surface area contributed by atoms with E-state index in [1.54, 1.807) is 0 Å². The van der Waals surface area contributed by atoms with Crippen LogP contribution in [0.3, 0.4) is 0 Å². The highest BCUT2D eigenvalue weighted by Gasteiger charge is 2.25. The summed E-state index contributed by atoms with van der Waals surface area (Å²) in [6.45, 7) is 7.41. The van der Waals surface area contributed by atoms with Crippen molar-refractivity contribution >= 4 is 5.91 Å². The molecule has 1 rings (SSSR count). The van der Waals surface area contributed by atoms with Crippen LogP contribution in [0.15, 0.2) is 0 Å². The topological polar surface area (TPSA) is 55.1 Å². The van der Waals surface area contributed by atoms with Gasteiger partial charge in [-0.05, 0) is 50.0 Å². The van der Waals surface area contributed by atoms with E-state index in [0.717, 1.165) is 25.7 Å². The van der Waals surface area contributed by atoms with Crippen molar-refractivity contribution in [2.24, 2.45) is 17.1 Å². The summed E-state index contributed by atoms with van der Waals surface area (Å²) in [5.74, 6) is 0.764. The lowest BCUT2D eigenvalue weighted by Gasteiger charge is -2.31. The van der Waals surface area contributed by atoms with E-state index in [1.165, 1.54) is 6.42 Å². The smallest absolute Gasteiger partial charge is 0.220 e. The van der Waals surface area contributed by atoms with E-state index in [-0.39, 0.29) is 11.3 Å². The molecule has 3 N–H and O–H groups in total. The first kappa shape index (κ1) is 14.5. The lowest BCUT2D eigenvalue weighted by molar-refractivity contribution is -0.122. The standard InChI is InChI=1S/C14H28N2O/c1-14(2,3)11(9-10-15)7-8-13(17)16-12-5-4-6-12/h11-12H,4-10,15H2,1-3H3,(H,16,17). The van der Waals surface area contributed by atoms with Crippen molar-refractivity contribution in [2.45, 2.75) is 65.3 Å². The molecule has 1 atom stereocenters. The lowest BCUT2D eigenvalue weighted by Crippen LogP contribution is -2.39. The van der Waals surface area contributed by atoms with Crippen molar-refractivity contribution in [3.63, 3.8) is 0 Å². The molecule has 0 aromatic carbocycles. The Labute approximate surface area is 106 Å². The molecule has 0 heterocycles.